The van der Waals surface area contributed by atoms with E-state index in [1.165, 1.54) is 38.8 Å². The molecule has 0 spiro atoms. The van der Waals surface area contributed by atoms with E-state index in [1.807, 2.05) is 0 Å². The fourth-order valence-corrected chi connectivity index (χ4v) is 2.71. The second-order valence-corrected chi connectivity index (χ2v) is 4.92. The van der Waals surface area contributed by atoms with Crippen LogP contribution in [0.1, 0.15) is 39.5 Å². The summed E-state index contributed by atoms with van der Waals surface area (Å²) in [5.74, 6) is 0.848. The molecule has 2 unspecified atom stereocenters. The molecule has 0 N–H and O–H groups in total. The van der Waals surface area contributed by atoms with Gasteiger partial charge in [-0.15, -0.1) is 0 Å². The summed E-state index contributed by atoms with van der Waals surface area (Å²) >= 11 is 3.60. The summed E-state index contributed by atoms with van der Waals surface area (Å²) in [6, 6.07) is 0.821. The number of halogens is 1. The summed E-state index contributed by atoms with van der Waals surface area (Å²) in [5.41, 5.74) is 0. The van der Waals surface area contributed by atoms with E-state index >= 15 is 0 Å². The zero-order valence-corrected chi connectivity index (χ0v) is 10.5. The molecule has 0 aromatic heterocycles. The summed E-state index contributed by atoms with van der Waals surface area (Å²) in [6.07, 6.45) is 5.54. The van der Waals surface area contributed by atoms with Gasteiger partial charge in [0.05, 0.1) is 0 Å². The Morgan fingerprint density at radius 1 is 1.46 bits per heavy atom. The van der Waals surface area contributed by atoms with E-state index in [1.54, 1.807) is 0 Å². The van der Waals surface area contributed by atoms with Crippen LogP contribution in [0.3, 0.4) is 0 Å². The molecule has 0 saturated carbocycles. The van der Waals surface area contributed by atoms with Gasteiger partial charge < -0.3 is 4.90 Å². The van der Waals surface area contributed by atoms with Crippen LogP contribution >= 0.6 is 15.9 Å². The van der Waals surface area contributed by atoms with Crippen LogP contribution in [0.25, 0.3) is 0 Å². The molecule has 2 heteroatoms. The van der Waals surface area contributed by atoms with Gasteiger partial charge in [0, 0.05) is 17.9 Å². The Morgan fingerprint density at radius 3 is 2.77 bits per heavy atom. The lowest BCUT2D eigenvalue weighted by Crippen LogP contribution is -2.40. The first-order valence-corrected chi connectivity index (χ1v) is 6.70. The summed E-state index contributed by atoms with van der Waals surface area (Å²) in [7, 11) is 0. The minimum absolute atomic E-state index is 0.821. The Morgan fingerprint density at radius 2 is 2.23 bits per heavy atom. The van der Waals surface area contributed by atoms with E-state index < -0.39 is 0 Å². The fourth-order valence-electron chi connectivity index (χ4n) is 2.05. The number of alkyl halides is 1. The lowest BCUT2D eigenvalue weighted by Gasteiger charge is -2.35. The van der Waals surface area contributed by atoms with Gasteiger partial charge >= 0.3 is 0 Å². The highest BCUT2D eigenvalue weighted by atomic mass is 79.9. The van der Waals surface area contributed by atoms with Gasteiger partial charge in [0.1, 0.15) is 0 Å². The van der Waals surface area contributed by atoms with Gasteiger partial charge in [0.2, 0.25) is 0 Å². The van der Waals surface area contributed by atoms with Crippen molar-refractivity contribution in [1.29, 1.82) is 0 Å². The number of piperidine rings is 1. The largest absolute Gasteiger partial charge is 0.300 e. The van der Waals surface area contributed by atoms with Gasteiger partial charge in [0.25, 0.3) is 0 Å². The van der Waals surface area contributed by atoms with Gasteiger partial charge in [-0.2, -0.15) is 0 Å². The van der Waals surface area contributed by atoms with Gasteiger partial charge in [-0.3, -0.25) is 0 Å². The van der Waals surface area contributed by atoms with Gasteiger partial charge in [-0.05, 0) is 32.2 Å². The molecule has 1 aliphatic heterocycles. The van der Waals surface area contributed by atoms with E-state index in [4.69, 9.17) is 0 Å². The molecule has 0 aromatic carbocycles. The van der Waals surface area contributed by atoms with Crippen LogP contribution in [0, 0.1) is 5.92 Å². The molecule has 1 heterocycles. The number of rotatable bonds is 4. The normalized spacial score (nSPS) is 27.5. The molecule has 2 atom stereocenters. The van der Waals surface area contributed by atoms with E-state index in [0.717, 1.165) is 17.3 Å². The third-order valence-electron chi connectivity index (χ3n) is 3.23. The summed E-state index contributed by atoms with van der Waals surface area (Å²) in [4.78, 5) is 2.67. The minimum atomic E-state index is 0.821. The standard InChI is InChI=1S/C11H22BrN/c1-3-11(8-12)9-13-7-5-4-6-10(13)2/h10-11H,3-9H2,1-2H3. The van der Waals surface area contributed by atoms with Crippen LogP contribution in [-0.2, 0) is 0 Å². The van der Waals surface area contributed by atoms with Crippen molar-refractivity contribution in [2.24, 2.45) is 5.92 Å². The summed E-state index contributed by atoms with van der Waals surface area (Å²) in [5, 5.41) is 1.16. The molecule has 0 bridgehead atoms. The molecule has 0 aliphatic carbocycles. The SMILES string of the molecule is CCC(CBr)CN1CCCCC1C. The quantitative estimate of drug-likeness (QED) is 0.690. The Bertz CT molecular complexity index is 134. The van der Waals surface area contributed by atoms with Gasteiger partial charge in [-0.25, -0.2) is 0 Å². The molecular weight excluding hydrogens is 226 g/mol. The van der Waals surface area contributed by atoms with Crippen molar-refractivity contribution in [3.8, 4) is 0 Å². The Balaban J connectivity index is 2.32. The highest BCUT2D eigenvalue weighted by Crippen LogP contribution is 2.19. The number of nitrogens with zero attached hydrogens (tertiary/aromatic N) is 1. The predicted octanol–water partition coefficient (Wildman–Crippen LogP) is 3.28. The lowest BCUT2D eigenvalue weighted by molar-refractivity contribution is 0.140. The van der Waals surface area contributed by atoms with Crippen molar-refractivity contribution >= 4 is 15.9 Å². The minimum Gasteiger partial charge on any atom is -0.300 e. The first-order valence-electron chi connectivity index (χ1n) is 5.58. The van der Waals surface area contributed by atoms with Crippen molar-refractivity contribution in [2.45, 2.75) is 45.6 Å². The van der Waals surface area contributed by atoms with Gasteiger partial charge in [-0.1, -0.05) is 35.7 Å². The third kappa shape index (κ3) is 3.59. The van der Waals surface area contributed by atoms with Crippen LogP contribution in [0.2, 0.25) is 0 Å². The fraction of sp³-hybridized carbons (Fsp3) is 1.00. The average Bonchev–Trinajstić information content (AvgIpc) is 2.17. The zero-order valence-electron chi connectivity index (χ0n) is 8.93. The van der Waals surface area contributed by atoms with Crippen molar-refractivity contribution in [1.82, 2.24) is 4.90 Å². The van der Waals surface area contributed by atoms with E-state index in [0.29, 0.717) is 0 Å². The Kier molecular flexibility index (Phi) is 5.34. The smallest absolute Gasteiger partial charge is 0.00717 e. The molecule has 1 rings (SSSR count). The lowest BCUT2D eigenvalue weighted by atomic mass is 10.0. The third-order valence-corrected chi connectivity index (χ3v) is 4.14. The molecule has 1 nitrogen and oxygen atoms in total. The molecule has 1 aliphatic rings. The first kappa shape index (κ1) is 11.5. The molecule has 0 radical (unpaired) electrons. The molecule has 1 saturated heterocycles. The molecular formula is C11H22BrN. The van der Waals surface area contributed by atoms with Crippen LogP contribution in [-0.4, -0.2) is 29.4 Å². The van der Waals surface area contributed by atoms with Crippen LogP contribution < -0.4 is 0 Å². The maximum atomic E-state index is 3.60. The van der Waals surface area contributed by atoms with Crippen LogP contribution in [0.5, 0.6) is 0 Å². The molecule has 13 heavy (non-hydrogen) atoms. The van der Waals surface area contributed by atoms with Crippen LogP contribution in [0.4, 0.5) is 0 Å². The summed E-state index contributed by atoms with van der Waals surface area (Å²) < 4.78 is 0. The first-order chi connectivity index (χ1) is 6.27. The van der Waals surface area contributed by atoms with Crippen molar-refractivity contribution < 1.29 is 0 Å². The van der Waals surface area contributed by atoms with E-state index in [2.05, 4.69) is 34.7 Å². The maximum Gasteiger partial charge on any atom is 0.00717 e. The molecule has 1 fully saturated rings. The molecule has 0 amide bonds. The highest BCUT2D eigenvalue weighted by molar-refractivity contribution is 9.09. The topological polar surface area (TPSA) is 3.24 Å². The van der Waals surface area contributed by atoms with Gasteiger partial charge in [0.15, 0.2) is 0 Å². The van der Waals surface area contributed by atoms with Crippen molar-refractivity contribution in [3.05, 3.63) is 0 Å². The highest BCUT2D eigenvalue weighted by Gasteiger charge is 2.20. The van der Waals surface area contributed by atoms with Crippen molar-refractivity contribution in [2.75, 3.05) is 18.4 Å². The molecule has 78 valence electrons. The molecule has 0 aromatic rings. The average molecular weight is 248 g/mol. The Labute approximate surface area is 91.0 Å². The number of likely N-dealkylation sites (tertiary alicyclic amines) is 1. The monoisotopic (exact) mass is 247 g/mol. The zero-order chi connectivity index (χ0) is 9.68. The number of hydrogen-bond donors (Lipinski definition) is 0. The second kappa shape index (κ2) is 6.02. The van der Waals surface area contributed by atoms with Crippen molar-refractivity contribution in [3.63, 3.8) is 0 Å². The van der Waals surface area contributed by atoms with Crippen LogP contribution in [0.15, 0.2) is 0 Å². The predicted molar refractivity (Wildman–Crippen MR) is 62.5 cm³/mol. The van der Waals surface area contributed by atoms with E-state index in [9.17, 15) is 0 Å². The second-order valence-electron chi connectivity index (χ2n) is 4.27. The summed E-state index contributed by atoms with van der Waals surface area (Å²) in [6.45, 7) is 7.29. The Hall–Kier alpha value is 0.440. The number of hydrogen-bond acceptors (Lipinski definition) is 1. The van der Waals surface area contributed by atoms with E-state index in [-0.39, 0.29) is 0 Å². The maximum absolute atomic E-state index is 3.60.